The summed E-state index contributed by atoms with van der Waals surface area (Å²) < 4.78 is 0.971. The molecule has 0 amide bonds. The molecule has 0 saturated heterocycles. The lowest BCUT2D eigenvalue weighted by Crippen LogP contribution is -1.98. The van der Waals surface area contributed by atoms with Gasteiger partial charge in [-0.2, -0.15) is 0 Å². The molecule has 2 heterocycles. The molecule has 2 aromatic heterocycles. The first-order chi connectivity index (χ1) is 8.06. The van der Waals surface area contributed by atoms with Gasteiger partial charge in [-0.25, -0.2) is 15.0 Å². The Morgan fingerprint density at radius 2 is 1.71 bits per heavy atom. The van der Waals surface area contributed by atoms with Crippen LogP contribution >= 0.6 is 27.7 Å². The van der Waals surface area contributed by atoms with Gasteiger partial charge >= 0.3 is 0 Å². The quantitative estimate of drug-likeness (QED) is 0.793. The Balaban J connectivity index is 2.27. The van der Waals surface area contributed by atoms with Gasteiger partial charge in [0, 0.05) is 22.1 Å². The molecule has 0 N–H and O–H groups in total. The molecule has 0 radical (unpaired) electrons. The van der Waals surface area contributed by atoms with Crippen LogP contribution in [-0.2, 0) is 0 Å². The highest BCUT2D eigenvalue weighted by Gasteiger charge is 2.06. The molecule has 88 valence electrons. The second-order valence-electron chi connectivity index (χ2n) is 3.72. The van der Waals surface area contributed by atoms with Crippen LogP contribution in [0.15, 0.2) is 33.0 Å². The molecule has 0 aliphatic carbocycles. The van der Waals surface area contributed by atoms with Gasteiger partial charge in [-0.05, 0) is 66.2 Å². The molecule has 0 atom stereocenters. The van der Waals surface area contributed by atoms with Gasteiger partial charge in [-0.1, -0.05) is 0 Å². The summed E-state index contributed by atoms with van der Waals surface area (Å²) >= 11 is 4.84. The number of rotatable bonds is 2. The van der Waals surface area contributed by atoms with Gasteiger partial charge in [-0.3, -0.25) is 0 Å². The molecule has 3 nitrogen and oxygen atoms in total. The third-order valence-electron chi connectivity index (χ3n) is 2.51. The summed E-state index contributed by atoms with van der Waals surface area (Å²) in [7, 11) is 0. The molecule has 0 saturated carbocycles. The summed E-state index contributed by atoms with van der Waals surface area (Å²) in [5.41, 5.74) is 3.20. The van der Waals surface area contributed by atoms with E-state index in [1.54, 1.807) is 6.20 Å². The average molecular weight is 310 g/mol. The molecule has 0 aliphatic rings. The first-order valence-electron chi connectivity index (χ1n) is 5.17. The maximum absolute atomic E-state index is 4.45. The minimum atomic E-state index is 0.750. The van der Waals surface area contributed by atoms with Crippen LogP contribution in [0.3, 0.4) is 0 Å². The number of aromatic nitrogens is 3. The molecule has 17 heavy (non-hydrogen) atoms. The maximum Gasteiger partial charge on any atom is 0.194 e. The lowest BCUT2D eigenvalue weighted by atomic mass is 10.2. The van der Waals surface area contributed by atoms with E-state index >= 15 is 0 Å². The number of hydrogen-bond acceptors (Lipinski definition) is 4. The van der Waals surface area contributed by atoms with Gasteiger partial charge < -0.3 is 0 Å². The number of aryl methyl sites for hydroxylation is 2. The molecule has 5 heteroatoms. The summed E-state index contributed by atoms with van der Waals surface area (Å²) in [6.45, 7) is 6.04. The van der Waals surface area contributed by atoms with E-state index in [4.69, 9.17) is 0 Å². The third-order valence-corrected chi connectivity index (χ3v) is 3.79. The largest absolute Gasteiger partial charge is 0.248 e. The zero-order chi connectivity index (χ0) is 12.4. The lowest BCUT2D eigenvalue weighted by molar-refractivity contribution is 0.878. The van der Waals surface area contributed by atoms with E-state index in [0.29, 0.717) is 0 Å². The smallest absolute Gasteiger partial charge is 0.194 e. The maximum atomic E-state index is 4.45. The molecule has 2 aromatic rings. The molecule has 0 spiro atoms. The van der Waals surface area contributed by atoms with E-state index in [1.807, 2.05) is 32.9 Å². The van der Waals surface area contributed by atoms with Gasteiger partial charge in [0.25, 0.3) is 0 Å². The molecule has 2 rings (SSSR count). The standard InChI is InChI=1S/C12H12BrN3S/c1-7-8(2)15-12(16-9(7)3)17-11-5-4-10(13)6-14-11/h4-6H,1-3H3. The molecule has 0 aliphatic heterocycles. The normalized spacial score (nSPS) is 10.6. The van der Waals surface area contributed by atoms with Crippen LogP contribution in [0.2, 0.25) is 0 Å². The van der Waals surface area contributed by atoms with Crippen LogP contribution in [0.5, 0.6) is 0 Å². The minimum absolute atomic E-state index is 0.750. The molecule has 0 fully saturated rings. The molecule has 0 aromatic carbocycles. The Labute approximate surface area is 113 Å². The zero-order valence-electron chi connectivity index (χ0n) is 9.86. The highest BCUT2D eigenvalue weighted by Crippen LogP contribution is 2.24. The van der Waals surface area contributed by atoms with E-state index in [9.17, 15) is 0 Å². The lowest BCUT2D eigenvalue weighted by Gasteiger charge is -2.06. The molecular weight excluding hydrogens is 298 g/mol. The van der Waals surface area contributed by atoms with Crippen molar-refractivity contribution in [3.63, 3.8) is 0 Å². The van der Waals surface area contributed by atoms with Crippen molar-refractivity contribution in [2.45, 2.75) is 31.0 Å². The van der Waals surface area contributed by atoms with Crippen LogP contribution in [-0.4, -0.2) is 15.0 Å². The predicted molar refractivity (Wildman–Crippen MR) is 72.3 cm³/mol. The van der Waals surface area contributed by atoms with Gasteiger partial charge in [-0.15, -0.1) is 0 Å². The molecule has 0 unspecified atom stereocenters. The van der Waals surface area contributed by atoms with E-state index in [0.717, 1.165) is 31.6 Å². The van der Waals surface area contributed by atoms with Crippen molar-refractivity contribution >= 4 is 27.7 Å². The van der Waals surface area contributed by atoms with Gasteiger partial charge in [0.05, 0.1) is 0 Å². The van der Waals surface area contributed by atoms with E-state index in [2.05, 4.69) is 30.9 Å². The Kier molecular flexibility index (Phi) is 3.79. The summed E-state index contributed by atoms with van der Waals surface area (Å²) in [4.78, 5) is 13.2. The van der Waals surface area contributed by atoms with Crippen molar-refractivity contribution in [2.75, 3.05) is 0 Å². The first kappa shape index (κ1) is 12.5. The fraction of sp³-hybridized carbons (Fsp3) is 0.250. The minimum Gasteiger partial charge on any atom is -0.248 e. The van der Waals surface area contributed by atoms with Crippen molar-refractivity contribution in [2.24, 2.45) is 0 Å². The monoisotopic (exact) mass is 309 g/mol. The Morgan fingerprint density at radius 1 is 1.06 bits per heavy atom. The van der Waals surface area contributed by atoms with Crippen LogP contribution < -0.4 is 0 Å². The van der Waals surface area contributed by atoms with Crippen LogP contribution in [0, 0.1) is 20.8 Å². The predicted octanol–water partition coefficient (Wildman–Crippen LogP) is 3.71. The van der Waals surface area contributed by atoms with Crippen molar-refractivity contribution in [1.29, 1.82) is 0 Å². The SMILES string of the molecule is Cc1nc(Sc2ccc(Br)cn2)nc(C)c1C. The van der Waals surface area contributed by atoms with Gasteiger partial charge in [0.15, 0.2) is 5.16 Å². The summed E-state index contributed by atoms with van der Waals surface area (Å²) in [5, 5.41) is 1.65. The second kappa shape index (κ2) is 5.14. The molecule has 0 bridgehead atoms. The number of nitrogens with zero attached hydrogens (tertiary/aromatic N) is 3. The van der Waals surface area contributed by atoms with E-state index in [1.165, 1.54) is 11.8 Å². The highest BCUT2D eigenvalue weighted by molar-refractivity contribution is 9.10. The zero-order valence-corrected chi connectivity index (χ0v) is 12.3. The van der Waals surface area contributed by atoms with Crippen LogP contribution in [0.4, 0.5) is 0 Å². The number of hydrogen-bond donors (Lipinski definition) is 0. The fourth-order valence-corrected chi connectivity index (χ4v) is 2.33. The van der Waals surface area contributed by atoms with Crippen LogP contribution in [0.1, 0.15) is 17.0 Å². The van der Waals surface area contributed by atoms with Crippen molar-refractivity contribution < 1.29 is 0 Å². The van der Waals surface area contributed by atoms with E-state index < -0.39 is 0 Å². The van der Waals surface area contributed by atoms with Crippen molar-refractivity contribution in [3.8, 4) is 0 Å². The van der Waals surface area contributed by atoms with E-state index in [-0.39, 0.29) is 0 Å². The summed E-state index contributed by atoms with van der Waals surface area (Å²) in [6.07, 6.45) is 1.77. The Hall–Kier alpha value is -0.940. The number of pyridine rings is 1. The average Bonchev–Trinajstić information content (AvgIpc) is 2.29. The molecular formula is C12H12BrN3S. The first-order valence-corrected chi connectivity index (χ1v) is 6.78. The third kappa shape index (κ3) is 3.04. The Bertz CT molecular complexity index is 517. The summed E-state index contributed by atoms with van der Waals surface area (Å²) in [5.74, 6) is 0. The Morgan fingerprint density at radius 3 is 2.24 bits per heavy atom. The van der Waals surface area contributed by atoms with Gasteiger partial charge in [0.2, 0.25) is 0 Å². The topological polar surface area (TPSA) is 38.7 Å². The fourth-order valence-electron chi connectivity index (χ4n) is 1.30. The van der Waals surface area contributed by atoms with Gasteiger partial charge in [0.1, 0.15) is 5.03 Å². The number of halogens is 1. The second-order valence-corrected chi connectivity index (χ2v) is 5.62. The van der Waals surface area contributed by atoms with Crippen molar-refractivity contribution in [3.05, 3.63) is 39.8 Å². The van der Waals surface area contributed by atoms with Crippen LogP contribution in [0.25, 0.3) is 0 Å². The van der Waals surface area contributed by atoms with Crippen molar-refractivity contribution in [1.82, 2.24) is 15.0 Å². The highest BCUT2D eigenvalue weighted by atomic mass is 79.9. The summed E-state index contributed by atoms with van der Waals surface area (Å²) in [6, 6.07) is 3.91.